The fourth-order valence-corrected chi connectivity index (χ4v) is 5.09. The minimum absolute atomic E-state index is 0.782. The number of aryl methyl sites for hydroxylation is 1. The number of nitrogens with zero attached hydrogens (tertiary/aromatic N) is 2. The zero-order valence-corrected chi connectivity index (χ0v) is 11.2. The molecule has 1 aromatic heterocycles. The summed E-state index contributed by atoms with van der Waals surface area (Å²) >= 11 is 0. The average molecular weight is 245 g/mol. The highest BCUT2D eigenvalue weighted by Crippen LogP contribution is 2.58. The van der Waals surface area contributed by atoms with Crippen molar-refractivity contribution in [3.63, 3.8) is 0 Å². The Morgan fingerprint density at radius 1 is 1.28 bits per heavy atom. The monoisotopic (exact) mass is 245 g/mol. The van der Waals surface area contributed by atoms with Crippen molar-refractivity contribution in [3.05, 3.63) is 18.2 Å². The Kier molecular flexibility index (Phi) is 2.51. The summed E-state index contributed by atoms with van der Waals surface area (Å²) in [7, 11) is 2.08. The summed E-state index contributed by atoms with van der Waals surface area (Å²) in [4.78, 5) is 4.19. The van der Waals surface area contributed by atoms with Gasteiger partial charge in [-0.05, 0) is 49.4 Å². The standard InChI is InChI=1S/C15H23N3/c1-18-9-16-7-11(18)8-17-15-6-10-5-14(15)13-4-2-3-12(10)13/h7,9-10,12-15,17H,2-6,8H2,1H3. The highest BCUT2D eigenvalue weighted by molar-refractivity contribution is 5.06. The molecule has 1 N–H and O–H groups in total. The molecule has 1 aromatic rings. The average Bonchev–Trinajstić information content (AvgIpc) is 3.08. The highest BCUT2D eigenvalue weighted by atomic mass is 15.1. The topological polar surface area (TPSA) is 29.9 Å². The molecule has 1 heterocycles. The van der Waals surface area contributed by atoms with Crippen LogP contribution in [0.25, 0.3) is 0 Å². The number of fused-ring (bicyclic) bond motifs is 5. The van der Waals surface area contributed by atoms with E-state index in [2.05, 4.69) is 21.9 Å². The van der Waals surface area contributed by atoms with Crippen LogP contribution in [-0.2, 0) is 13.6 Å². The molecule has 3 nitrogen and oxygen atoms in total. The number of rotatable bonds is 3. The summed E-state index contributed by atoms with van der Waals surface area (Å²) in [5.74, 6) is 4.19. The van der Waals surface area contributed by atoms with E-state index in [0.717, 1.165) is 36.3 Å². The Labute approximate surface area is 109 Å². The number of imidazole rings is 1. The predicted octanol–water partition coefficient (Wildman–Crippen LogP) is 2.33. The molecule has 0 aliphatic heterocycles. The van der Waals surface area contributed by atoms with Crippen molar-refractivity contribution in [3.8, 4) is 0 Å². The van der Waals surface area contributed by atoms with E-state index in [0.29, 0.717) is 0 Å². The van der Waals surface area contributed by atoms with E-state index in [1.165, 1.54) is 37.8 Å². The predicted molar refractivity (Wildman–Crippen MR) is 70.9 cm³/mol. The second kappa shape index (κ2) is 4.09. The van der Waals surface area contributed by atoms with Gasteiger partial charge >= 0.3 is 0 Å². The van der Waals surface area contributed by atoms with Gasteiger partial charge in [0.15, 0.2) is 0 Å². The van der Waals surface area contributed by atoms with Gasteiger partial charge in [0.1, 0.15) is 0 Å². The maximum Gasteiger partial charge on any atom is 0.0945 e. The molecule has 18 heavy (non-hydrogen) atoms. The van der Waals surface area contributed by atoms with Crippen LogP contribution in [0.1, 0.15) is 37.8 Å². The van der Waals surface area contributed by atoms with Gasteiger partial charge in [-0.1, -0.05) is 6.42 Å². The summed E-state index contributed by atoms with van der Waals surface area (Å²) in [6.07, 6.45) is 11.4. The lowest BCUT2D eigenvalue weighted by Crippen LogP contribution is -2.39. The first-order valence-electron chi connectivity index (χ1n) is 7.51. The summed E-state index contributed by atoms with van der Waals surface area (Å²) in [5.41, 5.74) is 1.31. The molecular weight excluding hydrogens is 222 g/mol. The van der Waals surface area contributed by atoms with Gasteiger partial charge in [-0.3, -0.25) is 0 Å². The summed E-state index contributed by atoms with van der Waals surface area (Å²) in [6.45, 7) is 0.988. The number of nitrogens with one attached hydrogen (secondary N) is 1. The van der Waals surface area contributed by atoms with E-state index in [4.69, 9.17) is 0 Å². The quantitative estimate of drug-likeness (QED) is 0.886. The van der Waals surface area contributed by atoms with Gasteiger partial charge in [0.25, 0.3) is 0 Å². The van der Waals surface area contributed by atoms with Crippen molar-refractivity contribution in [2.75, 3.05) is 0 Å². The van der Waals surface area contributed by atoms with Crippen LogP contribution in [0, 0.1) is 23.7 Å². The fraction of sp³-hybridized carbons (Fsp3) is 0.800. The van der Waals surface area contributed by atoms with Gasteiger partial charge in [0, 0.05) is 25.8 Å². The Bertz CT molecular complexity index is 439. The largest absolute Gasteiger partial charge is 0.337 e. The smallest absolute Gasteiger partial charge is 0.0945 e. The minimum Gasteiger partial charge on any atom is -0.337 e. The lowest BCUT2D eigenvalue weighted by Gasteiger charge is -2.32. The summed E-state index contributed by atoms with van der Waals surface area (Å²) < 4.78 is 2.12. The zero-order valence-electron chi connectivity index (χ0n) is 11.2. The van der Waals surface area contributed by atoms with Crippen molar-refractivity contribution in [1.29, 1.82) is 0 Å². The summed E-state index contributed by atoms with van der Waals surface area (Å²) in [6, 6.07) is 0.782. The van der Waals surface area contributed by atoms with Crippen LogP contribution >= 0.6 is 0 Å². The molecule has 5 unspecified atom stereocenters. The lowest BCUT2D eigenvalue weighted by molar-refractivity contribution is 0.207. The van der Waals surface area contributed by atoms with Crippen LogP contribution in [0.15, 0.2) is 12.5 Å². The van der Waals surface area contributed by atoms with Gasteiger partial charge in [0.2, 0.25) is 0 Å². The van der Waals surface area contributed by atoms with Gasteiger partial charge in [-0.25, -0.2) is 4.98 Å². The Hall–Kier alpha value is -0.830. The molecule has 4 rings (SSSR count). The number of aromatic nitrogens is 2. The fourth-order valence-electron chi connectivity index (χ4n) is 5.09. The van der Waals surface area contributed by atoms with Gasteiger partial charge in [0.05, 0.1) is 12.0 Å². The molecule has 0 spiro atoms. The van der Waals surface area contributed by atoms with E-state index >= 15 is 0 Å². The molecule has 3 aliphatic carbocycles. The van der Waals surface area contributed by atoms with Gasteiger partial charge in [-0.15, -0.1) is 0 Å². The Morgan fingerprint density at radius 3 is 3.00 bits per heavy atom. The molecule has 5 atom stereocenters. The highest BCUT2D eigenvalue weighted by Gasteiger charge is 2.53. The second-order valence-corrected chi connectivity index (χ2v) is 6.64. The molecule has 0 saturated heterocycles. The molecule has 3 saturated carbocycles. The van der Waals surface area contributed by atoms with E-state index in [1.54, 1.807) is 0 Å². The zero-order chi connectivity index (χ0) is 12.1. The third-order valence-electron chi connectivity index (χ3n) is 5.89. The van der Waals surface area contributed by atoms with Gasteiger partial charge < -0.3 is 9.88 Å². The van der Waals surface area contributed by atoms with Crippen molar-refractivity contribution in [2.24, 2.45) is 30.7 Å². The molecule has 0 amide bonds. The first kappa shape index (κ1) is 11.0. The van der Waals surface area contributed by atoms with Crippen LogP contribution < -0.4 is 5.32 Å². The first-order valence-corrected chi connectivity index (χ1v) is 7.51. The summed E-state index contributed by atoms with van der Waals surface area (Å²) in [5, 5.41) is 3.81. The maximum atomic E-state index is 4.19. The van der Waals surface area contributed by atoms with Crippen LogP contribution in [0.5, 0.6) is 0 Å². The molecule has 2 bridgehead atoms. The van der Waals surface area contributed by atoms with Crippen LogP contribution in [-0.4, -0.2) is 15.6 Å². The number of hydrogen-bond donors (Lipinski definition) is 1. The molecule has 98 valence electrons. The van der Waals surface area contributed by atoms with E-state index in [1.807, 2.05) is 12.5 Å². The van der Waals surface area contributed by atoms with Gasteiger partial charge in [-0.2, -0.15) is 0 Å². The van der Waals surface area contributed by atoms with E-state index in [-0.39, 0.29) is 0 Å². The van der Waals surface area contributed by atoms with E-state index < -0.39 is 0 Å². The first-order chi connectivity index (χ1) is 8.83. The molecule has 0 aromatic carbocycles. The SMILES string of the molecule is Cn1cncc1CNC1CC2CC1C1CCCC21. The third kappa shape index (κ3) is 1.56. The van der Waals surface area contributed by atoms with Crippen molar-refractivity contribution in [1.82, 2.24) is 14.9 Å². The second-order valence-electron chi connectivity index (χ2n) is 6.64. The van der Waals surface area contributed by atoms with Crippen molar-refractivity contribution < 1.29 is 0 Å². The number of hydrogen-bond acceptors (Lipinski definition) is 2. The minimum atomic E-state index is 0.782. The Morgan fingerprint density at radius 2 is 2.17 bits per heavy atom. The molecule has 3 fully saturated rings. The normalized spacial score (nSPS) is 41.5. The molecule has 0 radical (unpaired) electrons. The lowest BCUT2D eigenvalue weighted by atomic mass is 9.79. The van der Waals surface area contributed by atoms with Crippen molar-refractivity contribution in [2.45, 2.75) is 44.7 Å². The Balaban J connectivity index is 1.41. The van der Waals surface area contributed by atoms with Crippen LogP contribution in [0.3, 0.4) is 0 Å². The molecule has 3 aliphatic rings. The molecule has 3 heteroatoms. The van der Waals surface area contributed by atoms with Crippen LogP contribution in [0.4, 0.5) is 0 Å². The van der Waals surface area contributed by atoms with Crippen molar-refractivity contribution >= 4 is 0 Å². The third-order valence-corrected chi connectivity index (χ3v) is 5.89. The maximum absolute atomic E-state index is 4.19. The van der Waals surface area contributed by atoms with Crippen LogP contribution in [0.2, 0.25) is 0 Å². The van der Waals surface area contributed by atoms with E-state index in [9.17, 15) is 0 Å². The molecular formula is C15H23N3.